The molecule has 0 saturated heterocycles. The Morgan fingerprint density at radius 1 is 1.00 bits per heavy atom. The van der Waals surface area contributed by atoms with Crippen molar-refractivity contribution in [2.24, 2.45) is 0 Å². The predicted molar refractivity (Wildman–Crippen MR) is 139 cm³/mol. The highest BCUT2D eigenvalue weighted by molar-refractivity contribution is 8.03. The molecule has 4 aromatic rings. The summed E-state index contributed by atoms with van der Waals surface area (Å²) in [4.78, 5) is 2.86. The molecule has 0 amide bonds. The minimum Gasteiger partial charge on any atom is -0.454 e. The molecule has 1 aliphatic carbocycles. The average molecular weight is 433 g/mol. The van der Waals surface area contributed by atoms with Gasteiger partial charge < -0.3 is 9.73 Å². The second-order valence-corrected chi connectivity index (χ2v) is 11.3. The van der Waals surface area contributed by atoms with Crippen LogP contribution in [0.5, 0.6) is 0 Å². The van der Waals surface area contributed by atoms with Gasteiger partial charge in [-0.25, -0.2) is 0 Å². The first-order chi connectivity index (χ1) is 15.5. The number of allylic oxidation sites excluding steroid dienone is 4. The smallest absolute Gasteiger partial charge is 0.224 e. The van der Waals surface area contributed by atoms with Crippen LogP contribution in [0.3, 0.4) is 0 Å². The Morgan fingerprint density at radius 3 is 2.72 bits per heavy atom. The van der Waals surface area contributed by atoms with Gasteiger partial charge in [-0.3, -0.25) is 0 Å². The number of para-hydroxylation sites is 1. The van der Waals surface area contributed by atoms with Crippen molar-refractivity contribution in [3.8, 4) is 0 Å². The quantitative estimate of drug-likeness (QED) is 0.307. The van der Waals surface area contributed by atoms with Gasteiger partial charge in [0.2, 0.25) is 6.71 Å². The summed E-state index contributed by atoms with van der Waals surface area (Å²) in [6.45, 7) is 7.12. The Kier molecular flexibility index (Phi) is 3.71. The molecule has 0 spiro atoms. The molecule has 1 atom stereocenters. The molecule has 3 heterocycles. The van der Waals surface area contributed by atoms with Crippen LogP contribution < -0.4 is 16.2 Å². The highest BCUT2D eigenvalue weighted by Crippen LogP contribution is 2.48. The maximum atomic E-state index is 6.70. The monoisotopic (exact) mass is 433 g/mol. The highest BCUT2D eigenvalue weighted by Gasteiger charge is 2.43. The summed E-state index contributed by atoms with van der Waals surface area (Å²) in [5, 5.41) is 6.19. The van der Waals surface area contributed by atoms with E-state index in [1.54, 1.807) is 0 Å². The van der Waals surface area contributed by atoms with Gasteiger partial charge in [0.05, 0.1) is 5.69 Å². The van der Waals surface area contributed by atoms with Gasteiger partial charge in [0.15, 0.2) is 5.58 Å². The molecule has 0 saturated carbocycles. The number of anilines is 2. The lowest BCUT2D eigenvalue weighted by atomic mass is 9.31. The van der Waals surface area contributed by atoms with Crippen molar-refractivity contribution in [2.45, 2.75) is 43.3 Å². The molecule has 156 valence electrons. The zero-order valence-electron chi connectivity index (χ0n) is 18.5. The zero-order valence-corrected chi connectivity index (χ0v) is 19.3. The highest BCUT2D eigenvalue weighted by atomic mass is 32.2. The van der Waals surface area contributed by atoms with E-state index in [1.165, 1.54) is 42.7 Å². The molecule has 1 unspecified atom stereocenters. The fraction of sp³-hybridized carbons (Fsp3) is 0.214. The number of hydrogen-bond acceptors (Lipinski definition) is 3. The molecule has 1 N–H and O–H groups in total. The molecule has 2 nitrogen and oxygen atoms in total. The fourth-order valence-electron chi connectivity index (χ4n) is 5.79. The fourth-order valence-corrected chi connectivity index (χ4v) is 7.07. The molecule has 3 aliphatic rings. The van der Waals surface area contributed by atoms with Crippen molar-refractivity contribution in [3.63, 3.8) is 0 Å². The summed E-state index contributed by atoms with van der Waals surface area (Å²) in [7, 11) is 0. The van der Waals surface area contributed by atoms with Gasteiger partial charge in [-0.15, -0.1) is 0 Å². The molecule has 7 rings (SSSR count). The van der Waals surface area contributed by atoms with E-state index in [1.807, 2.05) is 11.8 Å². The summed E-state index contributed by atoms with van der Waals surface area (Å²) >= 11 is 1.94. The normalized spacial score (nSPS) is 18.8. The number of thioether (sulfide) groups is 1. The maximum Gasteiger partial charge on any atom is 0.224 e. The standard InChI is InChI=1S/C28H24BNOS/c1-28(2,3)18-9-6-8-16-17-14-15-20-25(27(17)31-26(16)18)30-21-11-7-13-23-24(21)29(20)19-10-4-5-12-22(19)32-23/h4-9,11-15,19,30H,10H2,1-3H3. The van der Waals surface area contributed by atoms with E-state index >= 15 is 0 Å². The van der Waals surface area contributed by atoms with Crippen LogP contribution >= 0.6 is 11.8 Å². The lowest BCUT2D eigenvalue weighted by Gasteiger charge is -2.39. The van der Waals surface area contributed by atoms with Crippen LogP contribution in [0.1, 0.15) is 32.8 Å². The molecular weight excluding hydrogens is 409 g/mol. The van der Waals surface area contributed by atoms with E-state index < -0.39 is 0 Å². The Hall–Kier alpha value is -2.85. The van der Waals surface area contributed by atoms with Crippen LogP contribution in [-0.2, 0) is 5.41 Å². The Bertz CT molecular complexity index is 1500. The Morgan fingerprint density at radius 2 is 1.84 bits per heavy atom. The largest absolute Gasteiger partial charge is 0.454 e. The van der Waals surface area contributed by atoms with Crippen LogP contribution in [0.25, 0.3) is 21.9 Å². The van der Waals surface area contributed by atoms with Crippen LogP contribution in [0.2, 0.25) is 5.82 Å². The lowest BCUT2D eigenvalue weighted by molar-refractivity contribution is 0.573. The van der Waals surface area contributed by atoms with Gasteiger partial charge in [0, 0.05) is 26.9 Å². The molecule has 3 aromatic carbocycles. The third-order valence-corrected chi connectivity index (χ3v) is 8.51. The second-order valence-electron chi connectivity index (χ2n) is 10.2. The average Bonchev–Trinajstić information content (AvgIpc) is 3.17. The second kappa shape index (κ2) is 6.36. The first-order valence-electron chi connectivity index (χ1n) is 11.4. The van der Waals surface area contributed by atoms with Crippen molar-refractivity contribution in [3.05, 3.63) is 77.2 Å². The number of hydrogen-bond donors (Lipinski definition) is 1. The molecule has 0 fully saturated rings. The molecule has 32 heavy (non-hydrogen) atoms. The van der Waals surface area contributed by atoms with E-state index in [0.717, 1.165) is 23.3 Å². The third-order valence-electron chi connectivity index (χ3n) is 7.26. The number of rotatable bonds is 0. The van der Waals surface area contributed by atoms with Gasteiger partial charge in [0.25, 0.3) is 0 Å². The van der Waals surface area contributed by atoms with Crippen molar-refractivity contribution < 1.29 is 4.42 Å². The van der Waals surface area contributed by atoms with Crippen molar-refractivity contribution in [1.29, 1.82) is 0 Å². The number of furan rings is 1. The van der Waals surface area contributed by atoms with Gasteiger partial charge in [-0.05, 0) is 45.6 Å². The minimum atomic E-state index is 0.0249. The van der Waals surface area contributed by atoms with E-state index in [4.69, 9.17) is 4.42 Å². The summed E-state index contributed by atoms with van der Waals surface area (Å²) in [5.74, 6) is 0.492. The van der Waals surface area contributed by atoms with Crippen LogP contribution in [0, 0.1) is 0 Å². The number of fused-ring (bicyclic) bond motifs is 8. The van der Waals surface area contributed by atoms with Crippen molar-refractivity contribution in [2.75, 3.05) is 5.32 Å². The molecule has 2 aliphatic heterocycles. The van der Waals surface area contributed by atoms with Gasteiger partial charge >= 0.3 is 0 Å². The Labute approximate surface area is 192 Å². The van der Waals surface area contributed by atoms with E-state index in [0.29, 0.717) is 12.5 Å². The number of nitrogens with one attached hydrogen (secondary N) is 1. The van der Waals surface area contributed by atoms with E-state index in [9.17, 15) is 0 Å². The molecular formula is C28H24BNOS. The van der Waals surface area contributed by atoms with Gasteiger partial charge in [-0.1, -0.05) is 87.2 Å². The van der Waals surface area contributed by atoms with Crippen LogP contribution in [-0.4, -0.2) is 6.71 Å². The summed E-state index contributed by atoms with van der Waals surface area (Å²) < 4.78 is 6.70. The molecule has 4 heteroatoms. The van der Waals surface area contributed by atoms with Gasteiger partial charge in [0.1, 0.15) is 5.58 Å². The Balaban J connectivity index is 1.53. The first-order valence-corrected chi connectivity index (χ1v) is 12.3. The SMILES string of the molecule is CC(C)(C)c1cccc2c1oc1c3c(ccc12)B1c2c(cccc2SC2=CC=CCC12)N3. The topological polar surface area (TPSA) is 25.2 Å². The molecule has 1 aromatic heterocycles. The summed E-state index contributed by atoms with van der Waals surface area (Å²) in [6.07, 6.45) is 7.93. The maximum absolute atomic E-state index is 6.70. The van der Waals surface area contributed by atoms with Crippen LogP contribution in [0.15, 0.2) is 81.0 Å². The number of benzene rings is 3. The lowest BCUT2D eigenvalue weighted by Crippen LogP contribution is -2.53. The van der Waals surface area contributed by atoms with E-state index in [2.05, 4.69) is 92.8 Å². The van der Waals surface area contributed by atoms with Crippen LogP contribution in [0.4, 0.5) is 11.4 Å². The third kappa shape index (κ3) is 2.45. The van der Waals surface area contributed by atoms with Gasteiger partial charge in [-0.2, -0.15) is 0 Å². The van der Waals surface area contributed by atoms with Crippen molar-refractivity contribution in [1.82, 2.24) is 0 Å². The first kappa shape index (κ1) is 18.7. The zero-order chi connectivity index (χ0) is 21.6. The van der Waals surface area contributed by atoms with Crippen molar-refractivity contribution >= 4 is 62.7 Å². The summed E-state index contributed by atoms with van der Waals surface area (Å²) in [6, 6.07) is 17.9. The molecule has 0 radical (unpaired) electrons. The summed E-state index contributed by atoms with van der Waals surface area (Å²) in [5.41, 5.74) is 8.48. The molecule has 0 bridgehead atoms. The predicted octanol–water partition coefficient (Wildman–Crippen LogP) is 6.87. The van der Waals surface area contributed by atoms with E-state index in [-0.39, 0.29) is 5.41 Å². The minimum absolute atomic E-state index is 0.0249.